The van der Waals surface area contributed by atoms with Crippen molar-refractivity contribution >= 4 is 11.5 Å². The molecule has 0 radical (unpaired) electrons. The lowest BCUT2D eigenvalue weighted by Gasteiger charge is -2.34. The number of hydrogen-bond donors (Lipinski definition) is 1. The highest BCUT2D eigenvalue weighted by atomic mass is 16.6. The van der Waals surface area contributed by atoms with Crippen LogP contribution in [0.15, 0.2) is 12.3 Å². The monoisotopic (exact) mass is 250 g/mol. The summed E-state index contributed by atoms with van der Waals surface area (Å²) in [6.45, 7) is 3.74. The van der Waals surface area contributed by atoms with Crippen LogP contribution in [0.25, 0.3) is 0 Å². The van der Waals surface area contributed by atoms with E-state index >= 15 is 0 Å². The Bertz CT molecular complexity index is 450. The molecule has 2 rings (SSSR count). The second-order valence-corrected chi connectivity index (χ2v) is 4.66. The molecule has 1 saturated heterocycles. The van der Waals surface area contributed by atoms with Crippen molar-refractivity contribution in [2.45, 2.75) is 25.8 Å². The number of likely N-dealkylation sites (N-methyl/N-ethyl adjacent to an activating group) is 1. The Morgan fingerprint density at radius 2 is 2.39 bits per heavy atom. The third-order valence-electron chi connectivity index (χ3n) is 3.38. The van der Waals surface area contributed by atoms with Crippen LogP contribution in [-0.2, 0) is 0 Å². The molecular weight excluding hydrogens is 232 g/mol. The predicted molar refractivity (Wildman–Crippen MR) is 69.9 cm³/mol. The summed E-state index contributed by atoms with van der Waals surface area (Å²) in [6.07, 6.45) is 3.62. The number of pyridine rings is 1. The Hall–Kier alpha value is -1.69. The SMILES string of the molecule is CNC1CCCN(c2ncc([N+](=O)[O-])cc2C)C1. The second kappa shape index (κ2) is 5.30. The summed E-state index contributed by atoms with van der Waals surface area (Å²) >= 11 is 0. The van der Waals surface area contributed by atoms with Gasteiger partial charge in [0.25, 0.3) is 5.69 Å². The zero-order valence-electron chi connectivity index (χ0n) is 10.7. The summed E-state index contributed by atoms with van der Waals surface area (Å²) in [7, 11) is 1.96. The normalized spacial score (nSPS) is 19.9. The van der Waals surface area contributed by atoms with E-state index in [1.54, 1.807) is 6.07 Å². The molecule has 0 amide bonds. The highest BCUT2D eigenvalue weighted by Gasteiger charge is 2.21. The van der Waals surface area contributed by atoms with E-state index in [4.69, 9.17) is 0 Å². The largest absolute Gasteiger partial charge is 0.355 e. The van der Waals surface area contributed by atoms with Gasteiger partial charge in [-0.3, -0.25) is 10.1 Å². The lowest BCUT2D eigenvalue weighted by Crippen LogP contribution is -2.45. The second-order valence-electron chi connectivity index (χ2n) is 4.66. The predicted octanol–water partition coefficient (Wildman–Crippen LogP) is 1.49. The molecule has 0 saturated carbocycles. The fraction of sp³-hybridized carbons (Fsp3) is 0.583. The summed E-state index contributed by atoms with van der Waals surface area (Å²) in [4.78, 5) is 16.7. The highest BCUT2D eigenvalue weighted by molar-refractivity contribution is 5.50. The number of hydrogen-bond acceptors (Lipinski definition) is 5. The first-order valence-electron chi connectivity index (χ1n) is 6.15. The lowest BCUT2D eigenvalue weighted by atomic mass is 10.1. The average Bonchev–Trinajstić information content (AvgIpc) is 2.38. The van der Waals surface area contributed by atoms with Crippen molar-refractivity contribution < 1.29 is 4.92 Å². The van der Waals surface area contributed by atoms with Crippen LogP contribution in [0.4, 0.5) is 11.5 Å². The maximum atomic E-state index is 10.7. The number of aryl methyl sites for hydroxylation is 1. The third-order valence-corrected chi connectivity index (χ3v) is 3.38. The number of nitro groups is 1. The van der Waals surface area contributed by atoms with Crippen LogP contribution >= 0.6 is 0 Å². The molecule has 1 aliphatic heterocycles. The number of nitrogens with one attached hydrogen (secondary N) is 1. The van der Waals surface area contributed by atoms with Crippen molar-refractivity contribution in [3.05, 3.63) is 27.9 Å². The minimum absolute atomic E-state index is 0.0541. The van der Waals surface area contributed by atoms with Crippen molar-refractivity contribution in [3.63, 3.8) is 0 Å². The molecule has 1 aliphatic rings. The van der Waals surface area contributed by atoms with E-state index in [0.717, 1.165) is 30.9 Å². The fourth-order valence-corrected chi connectivity index (χ4v) is 2.39. The van der Waals surface area contributed by atoms with Crippen LogP contribution in [0.2, 0.25) is 0 Å². The van der Waals surface area contributed by atoms with E-state index in [1.807, 2.05) is 14.0 Å². The molecule has 6 heteroatoms. The summed E-state index contributed by atoms with van der Waals surface area (Å²) in [5.74, 6) is 0.862. The van der Waals surface area contributed by atoms with E-state index in [2.05, 4.69) is 15.2 Å². The van der Waals surface area contributed by atoms with Gasteiger partial charge in [0.05, 0.1) is 4.92 Å². The van der Waals surface area contributed by atoms with E-state index < -0.39 is 4.92 Å². The van der Waals surface area contributed by atoms with Gasteiger partial charge in [0, 0.05) is 25.2 Å². The Morgan fingerprint density at radius 1 is 1.61 bits per heavy atom. The first kappa shape index (κ1) is 12.8. The number of aromatic nitrogens is 1. The van der Waals surface area contributed by atoms with Crippen LogP contribution in [0.3, 0.4) is 0 Å². The van der Waals surface area contributed by atoms with Crippen molar-refractivity contribution in [2.24, 2.45) is 0 Å². The van der Waals surface area contributed by atoms with Gasteiger partial charge in [0.2, 0.25) is 0 Å². The molecule has 1 atom stereocenters. The topological polar surface area (TPSA) is 71.3 Å². The number of piperidine rings is 1. The van der Waals surface area contributed by atoms with Gasteiger partial charge in [-0.1, -0.05) is 0 Å². The van der Waals surface area contributed by atoms with Crippen LogP contribution in [0.5, 0.6) is 0 Å². The van der Waals surface area contributed by atoms with Crippen molar-refractivity contribution in [1.82, 2.24) is 10.3 Å². The molecule has 0 aliphatic carbocycles. The number of rotatable bonds is 3. The molecule has 1 aromatic heterocycles. The van der Waals surface area contributed by atoms with Gasteiger partial charge in [-0.25, -0.2) is 4.98 Å². The van der Waals surface area contributed by atoms with E-state index in [-0.39, 0.29) is 5.69 Å². The van der Waals surface area contributed by atoms with E-state index in [9.17, 15) is 10.1 Å². The first-order valence-corrected chi connectivity index (χ1v) is 6.15. The zero-order valence-corrected chi connectivity index (χ0v) is 10.7. The zero-order chi connectivity index (χ0) is 13.1. The summed E-state index contributed by atoms with van der Waals surface area (Å²) < 4.78 is 0. The first-order chi connectivity index (χ1) is 8.61. The summed E-state index contributed by atoms with van der Waals surface area (Å²) in [6, 6.07) is 2.06. The molecule has 1 unspecified atom stereocenters. The van der Waals surface area contributed by atoms with Gasteiger partial charge in [-0.2, -0.15) is 0 Å². The molecule has 0 spiro atoms. The van der Waals surface area contributed by atoms with E-state index in [1.165, 1.54) is 12.6 Å². The van der Waals surface area contributed by atoms with Crippen molar-refractivity contribution in [1.29, 1.82) is 0 Å². The van der Waals surface area contributed by atoms with Crippen molar-refractivity contribution in [2.75, 3.05) is 25.0 Å². The molecule has 1 N–H and O–H groups in total. The van der Waals surface area contributed by atoms with Crippen LogP contribution in [0.1, 0.15) is 18.4 Å². The molecule has 1 aromatic rings. The van der Waals surface area contributed by atoms with Gasteiger partial charge in [-0.15, -0.1) is 0 Å². The molecule has 98 valence electrons. The van der Waals surface area contributed by atoms with E-state index in [0.29, 0.717) is 6.04 Å². The minimum atomic E-state index is -0.406. The standard InChI is InChI=1S/C12H18N4O2/c1-9-6-11(16(17)18)7-14-12(9)15-5-3-4-10(8-15)13-2/h6-7,10,13H,3-5,8H2,1-2H3. The maximum Gasteiger partial charge on any atom is 0.287 e. The molecule has 0 aromatic carbocycles. The quantitative estimate of drug-likeness (QED) is 0.650. The van der Waals surface area contributed by atoms with Crippen LogP contribution in [-0.4, -0.2) is 36.1 Å². The maximum absolute atomic E-state index is 10.7. The Kier molecular flexibility index (Phi) is 3.76. The highest BCUT2D eigenvalue weighted by Crippen LogP contribution is 2.24. The van der Waals surface area contributed by atoms with Gasteiger partial charge < -0.3 is 10.2 Å². The number of nitrogens with zero attached hydrogens (tertiary/aromatic N) is 3. The van der Waals surface area contributed by atoms with Crippen molar-refractivity contribution in [3.8, 4) is 0 Å². The summed E-state index contributed by atoms with van der Waals surface area (Å²) in [5.41, 5.74) is 0.916. The molecule has 18 heavy (non-hydrogen) atoms. The fourth-order valence-electron chi connectivity index (χ4n) is 2.39. The smallest absolute Gasteiger partial charge is 0.287 e. The average molecular weight is 250 g/mol. The molecule has 0 bridgehead atoms. The number of anilines is 1. The Balaban J connectivity index is 2.20. The van der Waals surface area contributed by atoms with Gasteiger partial charge in [-0.05, 0) is 32.4 Å². The van der Waals surface area contributed by atoms with Gasteiger partial charge in [0.1, 0.15) is 12.0 Å². The summed E-state index contributed by atoms with van der Waals surface area (Å²) in [5, 5.41) is 14.0. The van der Waals surface area contributed by atoms with Gasteiger partial charge in [0.15, 0.2) is 0 Å². The molecule has 6 nitrogen and oxygen atoms in total. The lowest BCUT2D eigenvalue weighted by molar-refractivity contribution is -0.385. The Labute approximate surface area is 106 Å². The van der Waals surface area contributed by atoms with Gasteiger partial charge >= 0.3 is 0 Å². The third kappa shape index (κ3) is 2.59. The van der Waals surface area contributed by atoms with Crippen LogP contribution < -0.4 is 10.2 Å². The molecule has 2 heterocycles. The molecule has 1 fully saturated rings. The molecular formula is C12H18N4O2. The Morgan fingerprint density at radius 3 is 3.00 bits per heavy atom. The minimum Gasteiger partial charge on any atom is -0.355 e. The van der Waals surface area contributed by atoms with Crippen LogP contribution in [0, 0.1) is 17.0 Å².